The van der Waals surface area contributed by atoms with Gasteiger partial charge in [-0.1, -0.05) is 13.2 Å². The van der Waals surface area contributed by atoms with E-state index in [2.05, 4.69) is 13.2 Å². The third kappa shape index (κ3) is 3.41. The predicted octanol–water partition coefficient (Wildman–Crippen LogP) is 0.887. The Hall–Kier alpha value is -1.18. The highest BCUT2D eigenvalue weighted by Crippen LogP contribution is 1.93. The summed E-state index contributed by atoms with van der Waals surface area (Å²) in [4.78, 5) is 20.3. The van der Waals surface area contributed by atoms with E-state index in [4.69, 9.17) is 0 Å². The third-order valence-corrected chi connectivity index (χ3v) is 0.796. The van der Waals surface area contributed by atoms with Crippen molar-refractivity contribution in [2.45, 2.75) is 6.42 Å². The number of ketones is 1. The Bertz CT molecular complexity index is 138. The molecule has 0 bridgehead atoms. The molecule has 0 atom stereocenters. The number of hydrogen-bond acceptors (Lipinski definition) is 2. The molecule has 0 rings (SSSR count). The van der Waals surface area contributed by atoms with Crippen LogP contribution in [0.25, 0.3) is 0 Å². The van der Waals surface area contributed by atoms with Crippen LogP contribution in [0, 0.1) is 0 Å². The lowest BCUT2D eigenvalue weighted by Crippen LogP contribution is -1.94. The molecule has 0 heterocycles. The summed E-state index contributed by atoms with van der Waals surface area (Å²) in [7, 11) is 0. The minimum absolute atomic E-state index is 0.0903. The minimum atomic E-state index is -0.174. The monoisotopic (exact) mass is 124 g/mol. The highest BCUT2D eigenvalue weighted by Gasteiger charge is 1.96. The maximum atomic E-state index is 10.4. The summed E-state index contributed by atoms with van der Waals surface area (Å²) in [5, 5.41) is 0. The van der Waals surface area contributed by atoms with E-state index in [1.165, 1.54) is 6.08 Å². The number of carbonyl (C=O) groups is 2. The molecule has 0 aromatic heterocycles. The Morgan fingerprint density at radius 3 is 2.44 bits per heavy atom. The van der Waals surface area contributed by atoms with Crippen LogP contribution >= 0.6 is 0 Å². The second-order valence-electron chi connectivity index (χ2n) is 1.62. The number of carbonyl (C=O) groups excluding carboxylic acids is 2. The average molecular weight is 124 g/mol. The van der Waals surface area contributed by atoms with Crippen molar-refractivity contribution >= 4 is 12.1 Å². The molecule has 0 fully saturated rings. The molecule has 0 aliphatic carbocycles. The molecule has 0 amide bonds. The summed E-state index contributed by atoms with van der Waals surface area (Å²) in [6.45, 7) is 6.57. The lowest BCUT2D eigenvalue weighted by atomic mass is 10.2. The Balaban J connectivity index is 3.73. The SMILES string of the molecule is C=CC(=O)CC(=C)C=O. The lowest BCUT2D eigenvalue weighted by molar-refractivity contribution is -0.115. The molecule has 0 saturated carbocycles. The molecule has 0 N–H and O–H groups in total. The first-order chi connectivity index (χ1) is 4.20. The van der Waals surface area contributed by atoms with Gasteiger partial charge in [0.25, 0.3) is 0 Å². The van der Waals surface area contributed by atoms with E-state index in [-0.39, 0.29) is 12.2 Å². The van der Waals surface area contributed by atoms with E-state index in [1.54, 1.807) is 0 Å². The van der Waals surface area contributed by atoms with Crippen molar-refractivity contribution in [1.29, 1.82) is 0 Å². The Labute approximate surface area is 53.9 Å². The van der Waals surface area contributed by atoms with Crippen molar-refractivity contribution in [3.05, 3.63) is 24.8 Å². The van der Waals surface area contributed by atoms with Crippen LogP contribution < -0.4 is 0 Å². The van der Waals surface area contributed by atoms with Crippen molar-refractivity contribution in [1.82, 2.24) is 0 Å². The molecule has 0 aliphatic rings. The molecule has 2 nitrogen and oxygen atoms in total. The van der Waals surface area contributed by atoms with Gasteiger partial charge in [-0.15, -0.1) is 0 Å². The van der Waals surface area contributed by atoms with Gasteiger partial charge in [-0.2, -0.15) is 0 Å². The fraction of sp³-hybridized carbons (Fsp3) is 0.143. The Morgan fingerprint density at radius 2 is 2.11 bits per heavy atom. The van der Waals surface area contributed by atoms with Crippen LogP contribution in [0.5, 0.6) is 0 Å². The predicted molar refractivity (Wildman–Crippen MR) is 35.0 cm³/mol. The van der Waals surface area contributed by atoms with Crippen molar-refractivity contribution in [3.63, 3.8) is 0 Å². The van der Waals surface area contributed by atoms with E-state index < -0.39 is 0 Å². The van der Waals surface area contributed by atoms with Gasteiger partial charge < -0.3 is 0 Å². The Morgan fingerprint density at radius 1 is 1.56 bits per heavy atom. The molecule has 48 valence electrons. The first-order valence-corrected chi connectivity index (χ1v) is 2.49. The van der Waals surface area contributed by atoms with Crippen molar-refractivity contribution in [2.75, 3.05) is 0 Å². The van der Waals surface area contributed by atoms with E-state index >= 15 is 0 Å². The molecule has 0 aliphatic heterocycles. The summed E-state index contributed by atoms with van der Waals surface area (Å²) < 4.78 is 0. The van der Waals surface area contributed by atoms with Gasteiger partial charge >= 0.3 is 0 Å². The van der Waals surface area contributed by atoms with Gasteiger partial charge in [0.2, 0.25) is 0 Å². The first-order valence-electron chi connectivity index (χ1n) is 2.49. The van der Waals surface area contributed by atoms with Gasteiger partial charge in [0.1, 0.15) is 6.29 Å². The molecule has 0 aromatic carbocycles. The second-order valence-corrected chi connectivity index (χ2v) is 1.62. The number of hydrogen-bond donors (Lipinski definition) is 0. The molecule has 0 unspecified atom stereocenters. The fourth-order valence-corrected chi connectivity index (χ4v) is 0.338. The molecule has 0 radical (unpaired) electrons. The molecular formula is C7H8O2. The van der Waals surface area contributed by atoms with Crippen molar-refractivity contribution in [3.8, 4) is 0 Å². The quantitative estimate of drug-likeness (QED) is 0.412. The standard InChI is InChI=1S/C7H8O2/c1-3-7(9)4-6(2)5-8/h3,5H,1-2,4H2. The largest absolute Gasteiger partial charge is 0.298 e. The lowest BCUT2D eigenvalue weighted by Gasteiger charge is -1.88. The smallest absolute Gasteiger partial charge is 0.159 e. The summed E-state index contributed by atoms with van der Waals surface area (Å²) in [6, 6.07) is 0. The number of allylic oxidation sites excluding steroid dienone is 2. The highest BCUT2D eigenvalue weighted by atomic mass is 16.1. The van der Waals surface area contributed by atoms with Crippen LogP contribution in [0.1, 0.15) is 6.42 Å². The molecule has 9 heavy (non-hydrogen) atoms. The third-order valence-electron chi connectivity index (χ3n) is 0.796. The van der Waals surface area contributed by atoms with E-state index in [1.807, 2.05) is 0 Å². The summed E-state index contributed by atoms with van der Waals surface area (Å²) in [6.07, 6.45) is 1.84. The van der Waals surface area contributed by atoms with Crippen LogP contribution in [0.3, 0.4) is 0 Å². The fourth-order valence-electron chi connectivity index (χ4n) is 0.338. The summed E-state index contributed by atoms with van der Waals surface area (Å²) in [5.74, 6) is -0.174. The molecule has 0 saturated heterocycles. The maximum Gasteiger partial charge on any atom is 0.159 e. The van der Waals surface area contributed by atoms with Gasteiger partial charge in [-0.25, -0.2) is 0 Å². The number of rotatable bonds is 4. The molecular weight excluding hydrogens is 116 g/mol. The average Bonchev–Trinajstić information content (AvgIpc) is 1.87. The molecule has 2 heteroatoms. The van der Waals surface area contributed by atoms with Crippen LogP contribution in [0.15, 0.2) is 24.8 Å². The van der Waals surface area contributed by atoms with Gasteiger partial charge in [0.05, 0.1) is 0 Å². The van der Waals surface area contributed by atoms with Crippen LogP contribution in [0.2, 0.25) is 0 Å². The minimum Gasteiger partial charge on any atom is -0.298 e. The van der Waals surface area contributed by atoms with Gasteiger partial charge in [-0.3, -0.25) is 9.59 Å². The maximum absolute atomic E-state index is 10.4. The van der Waals surface area contributed by atoms with E-state index in [0.29, 0.717) is 11.9 Å². The van der Waals surface area contributed by atoms with Gasteiger partial charge in [0.15, 0.2) is 5.78 Å². The van der Waals surface area contributed by atoms with Crippen molar-refractivity contribution < 1.29 is 9.59 Å². The van der Waals surface area contributed by atoms with Crippen molar-refractivity contribution in [2.24, 2.45) is 0 Å². The van der Waals surface area contributed by atoms with Gasteiger partial charge in [0, 0.05) is 6.42 Å². The van der Waals surface area contributed by atoms with E-state index in [0.717, 1.165) is 0 Å². The summed E-state index contributed by atoms with van der Waals surface area (Å²) in [5.41, 5.74) is 0.292. The molecule has 0 spiro atoms. The highest BCUT2D eigenvalue weighted by molar-refractivity contribution is 5.95. The zero-order chi connectivity index (χ0) is 7.28. The first kappa shape index (κ1) is 7.82. The summed E-state index contributed by atoms with van der Waals surface area (Å²) >= 11 is 0. The van der Waals surface area contributed by atoms with Crippen LogP contribution in [0.4, 0.5) is 0 Å². The normalized spacial score (nSPS) is 8.00. The van der Waals surface area contributed by atoms with Gasteiger partial charge in [-0.05, 0) is 11.6 Å². The number of aldehydes is 1. The second kappa shape index (κ2) is 3.78. The van der Waals surface area contributed by atoms with Crippen LogP contribution in [-0.4, -0.2) is 12.1 Å². The topological polar surface area (TPSA) is 34.1 Å². The zero-order valence-corrected chi connectivity index (χ0v) is 5.09. The Kier molecular flexibility index (Phi) is 3.28. The van der Waals surface area contributed by atoms with Crippen LogP contribution in [-0.2, 0) is 9.59 Å². The van der Waals surface area contributed by atoms with E-state index in [9.17, 15) is 9.59 Å². The zero-order valence-electron chi connectivity index (χ0n) is 5.09. The molecule has 0 aromatic rings.